The lowest BCUT2D eigenvalue weighted by Crippen LogP contribution is -2.12. The molecule has 0 aliphatic rings. The van der Waals surface area contributed by atoms with E-state index in [4.69, 9.17) is 9.47 Å². The van der Waals surface area contributed by atoms with Gasteiger partial charge in [0.25, 0.3) is 5.91 Å². The number of hydrogen-bond donors (Lipinski definition) is 1. The van der Waals surface area contributed by atoms with Crippen molar-refractivity contribution < 1.29 is 23.5 Å². The van der Waals surface area contributed by atoms with Crippen LogP contribution in [0, 0.1) is 12.7 Å². The van der Waals surface area contributed by atoms with E-state index >= 15 is 0 Å². The number of aromatic nitrogens is 1. The Kier molecular flexibility index (Phi) is 7.13. The Balaban J connectivity index is 1.60. The topological polar surface area (TPSA) is 77.5 Å². The average Bonchev–Trinajstić information content (AvgIpc) is 3.13. The molecule has 1 amide bonds. The van der Waals surface area contributed by atoms with Gasteiger partial charge < -0.3 is 14.8 Å². The molecule has 1 heterocycles. The molecule has 0 saturated heterocycles. The van der Waals surface area contributed by atoms with Crippen LogP contribution in [0.15, 0.2) is 48.5 Å². The Morgan fingerprint density at radius 2 is 1.80 bits per heavy atom. The highest BCUT2D eigenvalue weighted by Crippen LogP contribution is 2.22. The predicted octanol–water partition coefficient (Wildman–Crippen LogP) is 4.99. The molecule has 2 aromatic carbocycles. The van der Waals surface area contributed by atoms with E-state index in [1.54, 1.807) is 31.2 Å². The van der Waals surface area contributed by atoms with Gasteiger partial charge in [-0.1, -0.05) is 6.92 Å². The molecule has 1 aromatic heterocycles. The Morgan fingerprint density at radius 1 is 1.10 bits per heavy atom. The quantitative estimate of drug-likeness (QED) is 0.512. The Morgan fingerprint density at radius 3 is 2.47 bits per heavy atom. The first-order valence-electron chi connectivity index (χ1n) is 9.39. The second-order valence-corrected chi connectivity index (χ2v) is 7.52. The molecule has 1 N–H and O–H groups in total. The van der Waals surface area contributed by atoms with Gasteiger partial charge in [0.1, 0.15) is 28.1 Å². The second-order valence-electron chi connectivity index (χ2n) is 6.43. The molecular weight excluding hydrogens is 407 g/mol. The van der Waals surface area contributed by atoms with Gasteiger partial charge in [-0.25, -0.2) is 14.2 Å². The lowest BCUT2D eigenvalue weighted by Gasteiger charge is -2.06. The van der Waals surface area contributed by atoms with E-state index in [9.17, 15) is 14.0 Å². The summed E-state index contributed by atoms with van der Waals surface area (Å²) in [6, 6.07) is 12.2. The van der Waals surface area contributed by atoms with Crippen LogP contribution in [0.25, 0.3) is 0 Å². The van der Waals surface area contributed by atoms with Crippen molar-refractivity contribution in [3.8, 4) is 5.75 Å². The molecule has 0 aliphatic carbocycles. The summed E-state index contributed by atoms with van der Waals surface area (Å²) in [5.41, 5.74) is 1.58. The fourth-order valence-electron chi connectivity index (χ4n) is 2.56. The first kappa shape index (κ1) is 21.4. The smallest absolute Gasteiger partial charge is 0.338 e. The van der Waals surface area contributed by atoms with Crippen LogP contribution in [0.5, 0.6) is 5.75 Å². The molecule has 0 atom stereocenters. The van der Waals surface area contributed by atoms with Crippen molar-refractivity contribution in [1.29, 1.82) is 0 Å². The largest absolute Gasteiger partial charge is 0.486 e. The summed E-state index contributed by atoms with van der Waals surface area (Å²) in [5.74, 6) is -0.497. The third kappa shape index (κ3) is 5.64. The minimum atomic E-state index is -0.390. The molecule has 0 aliphatic heterocycles. The molecule has 3 aromatic rings. The molecule has 0 spiro atoms. The maximum atomic E-state index is 13.0. The molecule has 0 unspecified atom stereocenters. The van der Waals surface area contributed by atoms with Gasteiger partial charge in [-0.05, 0) is 61.9 Å². The summed E-state index contributed by atoms with van der Waals surface area (Å²) in [6.07, 6.45) is 0.755. The summed E-state index contributed by atoms with van der Waals surface area (Å²) >= 11 is 1.23. The van der Waals surface area contributed by atoms with Crippen LogP contribution in [0.3, 0.4) is 0 Å². The summed E-state index contributed by atoms with van der Waals surface area (Å²) in [5, 5.41) is 3.43. The van der Waals surface area contributed by atoms with E-state index in [1.165, 1.54) is 35.6 Å². The van der Waals surface area contributed by atoms with E-state index in [-0.39, 0.29) is 24.3 Å². The summed E-state index contributed by atoms with van der Waals surface area (Å²) in [4.78, 5) is 29.3. The molecule has 0 bridgehead atoms. The van der Waals surface area contributed by atoms with Gasteiger partial charge in [-0.15, -0.1) is 11.3 Å². The predicted molar refractivity (Wildman–Crippen MR) is 113 cm³/mol. The minimum absolute atomic E-state index is 0.180. The van der Waals surface area contributed by atoms with Crippen LogP contribution >= 0.6 is 11.3 Å². The van der Waals surface area contributed by atoms with Crippen LogP contribution < -0.4 is 10.1 Å². The van der Waals surface area contributed by atoms with Crippen molar-refractivity contribution in [2.24, 2.45) is 0 Å². The van der Waals surface area contributed by atoms with E-state index in [0.29, 0.717) is 39.2 Å². The number of amides is 1. The monoisotopic (exact) mass is 428 g/mol. The molecule has 0 fully saturated rings. The zero-order valence-electron chi connectivity index (χ0n) is 16.6. The van der Waals surface area contributed by atoms with E-state index < -0.39 is 0 Å². The third-order valence-electron chi connectivity index (χ3n) is 4.04. The number of thiazole rings is 1. The number of esters is 1. The van der Waals surface area contributed by atoms with Crippen LogP contribution in [0.4, 0.5) is 10.1 Å². The highest BCUT2D eigenvalue weighted by Gasteiger charge is 2.16. The van der Waals surface area contributed by atoms with Crippen LogP contribution in [-0.4, -0.2) is 23.5 Å². The number of carbonyl (C=O) groups is 2. The number of benzene rings is 2. The number of ether oxygens (including phenoxy) is 2. The van der Waals surface area contributed by atoms with Crippen molar-refractivity contribution in [1.82, 2.24) is 4.98 Å². The zero-order valence-corrected chi connectivity index (χ0v) is 17.4. The Labute approximate surface area is 177 Å². The van der Waals surface area contributed by atoms with Crippen molar-refractivity contribution in [3.05, 3.63) is 75.5 Å². The number of anilines is 1. The average molecular weight is 428 g/mol. The SMILES string of the molecule is CCCOC(=O)c1ccc(NC(=O)c2sc(COc3ccc(F)cc3)nc2C)cc1. The third-order valence-corrected chi connectivity index (χ3v) is 5.17. The van der Waals surface area contributed by atoms with Crippen molar-refractivity contribution in [3.63, 3.8) is 0 Å². The van der Waals surface area contributed by atoms with Gasteiger partial charge in [0.15, 0.2) is 0 Å². The maximum Gasteiger partial charge on any atom is 0.338 e. The first-order valence-corrected chi connectivity index (χ1v) is 10.2. The van der Waals surface area contributed by atoms with E-state index in [0.717, 1.165) is 6.42 Å². The minimum Gasteiger partial charge on any atom is -0.486 e. The Hall–Kier alpha value is -3.26. The number of rotatable bonds is 8. The van der Waals surface area contributed by atoms with Gasteiger partial charge in [-0.3, -0.25) is 4.79 Å². The van der Waals surface area contributed by atoms with Crippen LogP contribution in [-0.2, 0) is 11.3 Å². The molecule has 30 heavy (non-hydrogen) atoms. The molecule has 6 nitrogen and oxygen atoms in total. The number of nitrogens with one attached hydrogen (secondary N) is 1. The van der Waals surface area contributed by atoms with E-state index in [1.807, 2.05) is 6.92 Å². The molecular formula is C22H21FN2O4S. The molecule has 0 saturated carbocycles. The number of halogens is 1. The lowest BCUT2D eigenvalue weighted by molar-refractivity contribution is 0.0505. The lowest BCUT2D eigenvalue weighted by atomic mass is 10.2. The number of hydrogen-bond acceptors (Lipinski definition) is 6. The Bertz CT molecular complexity index is 1020. The van der Waals surface area contributed by atoms with E-state index in [2.05, 4.69) is 10.3 Å². The summed E-state index contributed by atoms with van der Waals surface area (Å²) < 4.78 is 23.6. The normalized spacial score (nSPS) is 10.5. The van der Waals surface area contributed by atoms with Gasteiger partial charge in [-0.2, -0.15) is 0 Å². The first-order chi connectivity index (χ1) is 14.5. The molecule has 0 radical (unpaired) electrons. The molecule has 3 rings (SSSR count). The van der Waals surface area contributed by atoms with Crippen molar-refractivity contribution >= 4 is 28.9 Å². The van der Waals surface area contributed by atoms with Crippen molar-refractivity contribution in [2.75, 3.05) is 11.9 Å². The van der Waals surface area contributed by atoms with Gasteiger partial charge in [0.05, 0.1) is 17.9 Å². The highest BCUT2D eigenvalue weighted by atomic mass is 32.1. The molecule has 8 heteroatoms. The highest BCUT2D eigenvalue weighted by molar-refractivity contribution is 7.13. The van der Waals surface area contributed by atoms with Crippen LogP contribution in [0.1, 0.15) is 44.1 Å². The standard InChI is InChI=1S/C22H21FN2O4S/c1-3-12-28-22(27)15-4-8-17(9-5-15)25-21(26)20-14(2)24-19(30-20)13-29-18-10-6-16(23)7-11-18/h4-11H,3,12-13H2,1-2H3,(H,25,26). The van der Waals surface area contributed by atoms with Crippen molar-refractivity contribution in [2.45, 2.75) is 26.9 Å². The maximum absolute atomic E-state index is 13.0. The number of nitrogens with zero attached hydrogens (tertiary/aromatic N) is 1. The summed E-state index contributed by atoms with van der Waals surface area (Å²) in [6.45, 7) is 4.22. The van der Waals surface area contributed by atoms with Crippen LogP contribution in [0.2, 0.25) is 0 Å². The van der Waals surface area contributed by atoms with Gasteiger partial charge in [0, 0.05) is 5.69 Å². The van der Waals surface area contributed by atoms with Gasteiger partial charge in [0.2, 0.25) is 0 Å². The zero-order chi connectivity index (χ0) is 21.5. The van der Waals surface area contributed by atoms with Gasteiger partial charge >= 0.3 is 5.97 Å². The second kappa shape index (κ2) is 9.98. The molecule has 156 valence electrons. The number of aryl methyl sites for hydroxylation is 1. The summed E-state index contributed by atoms with van der Waals surface area (Å²) in [7, 11) is 0. The number of carbonyl (C=O) groups excluding carboxylic acids is 2. The fourth-order valence-corrected chi connectivity index (χ4v) is 3.43. The fraction of sp³-hybridized carbons (Fsp3) is 0.227.